The van der Waals surface area contributed by atoms with Crippen LogP contribution in [-0.4, -0.2) is 42.1 Å². The van der Waals surface area contributed by atoms with Crippen LogP contribution in [0.5, 0.6) is 0 Å². The van der Waals surface area contributed by atoms with E-state index >= 15 is 0 Å². The van der Waals surface area contributed by atoms with Gasteiger partial charge in [0.15, 0.2) is 5.65 Å². The van der Waals surface area contributed by atoms with Gasteiger partial charge in [-0.25, -0.2) is 9.97 Å². The molecular formula is C13H19N5. The van der Waals surface area contributed by atoms with Gasteiger partial charge < -0.3 is 15.2 Å². The van der Waals surface area contributed by atoms with Crippen LogP contribution in [0, 0.1) is 0 Å². The Morgan fingerprint density at radius 3 is 2.78 bits per heavy atom. The third kappa shape index (κ3) is 1.75. The lowest BCUT2D eigenvalue weighted by atomic mass is 9.89. The molecule has 3 heterocycles. The second-order valence-corrected chi connectivity index (χ2v) is 5.51. The minimum atomic E-state index is 0.110. The van der Waals surface area contributed by atoms with E-state index in [0.717, 1.165) is 42.3 Å². The van der Waals surface area contributed by atoms with Crippen molar-refractivity contribution < 1.29 is 0 Å². The molecule has 1 unspecified atom stereocenters. The molecule has 96 valence electrons. The van der Waals surface area contributed by atoms with Gasteiger partial charge in [-0.05, 0) is 25.1 Å². The van der Waals surface area contributed by atoms with E-state index in [1.54, 1.807) is 0 Å². The van der Waals surface area contributed by atoms with E-state index in [-0.39, 0.29) is 5.41 Å². The van der Waals surface area contributed by atoms with Gasteiger partial charge in [0.1, 0.15) is 11.6 Å². The van der Waals surface area contributed by atoms with Crippen molar-refractivity contribution in [2.75, 3.05) is 32.1 Å². The third-order valence-corrected chi connectivity index (χ3v) is 3.73. The first-order valence-corrected chi connectivity index (χ1v) is 6.34. The maximum Gasteiger partial charge on any atom is 0.179 e. The number of nitrogens with one attached hydrogen (secondary N) is 2. The molecule has 2 N–H and O–H groups in total. The van der Waals surface area contributed by atoms with Crippen molar-refractivity contribution in [3.05, 3.63) is 18.0 Å². The largest absolute Gasteiger partial charge is 0.363 e. The Labute approximate surface area is 107 Å². The maximum atomic E-state index is 4.68. The van der Waals surface area contributed by atoms with Crippen LogP contribution in [0.1, 0.15) is 19.2 Å². The molecule has 18 heavy (non-hydrogen) atoms. The van der Waals surface area contributed by atoms with Crippen LogP contribution in [0.4, 0.5) is 5.82 Å². The van der Waals surface area contributed by atoms with E-state index in [9.17, 15) is 0 Å². The van der Waals surface area contributed by atoms with Gasteiger partial charge in [0.05, 0.1) is 5.52 Å². The van der Waals surface area contributed by atoms with Crippen molar-refractivity contribution in [2.24, 2.45) is 0 Å². The highest BCUT2D eigenvalue weighted by atomic mass is 15.2. The number of aromatic nitrogens is 3. The molecule has 1 fully saturated rings. The number of nitrogens with zero attached hydrogens (tertiary/aromatic N) is 3. The summed E-state index contributed by atoms with van der Waals surface area (Å²) in [5.74, 6) is 1.99. The number of pyridine rings is 1. The highest BCUT2D eigenvalue weighted by Gasteiger charge is 2.33. The van der Waals surface area contributed by atoms with Crippen LogP contribution < -0.4 is 10.2 Å². The normalized spacial score (nSPS) is 23.7. The zero-order valence-corrected chi connectivity index (χ0v) is 11.1. The topological polar surface area (TPSA) is 56.8 Å². The summed E-state index contributed by atoms with van der Waals surface area (Å²) in [4.78, 5) is 14.6. The second-order valence-electron chi connectivity index (χ2n) is 5.51. The predicted molar refractivity (Wildman–Crippen MR) is 73.1 cm³/mol. The minimum absolute atomic E-state index is 0.110. The van der Waals surface area contributed by atoms with Crippen molar-refractivity contribution in [1.29, 1.82) is 0 Å². The van der Waals surface area contributed by atoms with Crippen LogP contribution in [0.2, 0.25) is 0 Å². The Balaban J connectivity index is 2.05. The van der Waals surface area contributed by atoms with Gasteiger partial charge in [0.2, 0.25) is 0 Å². The molecule has 5 nitrogen and oxygen atoms in total. The fourth-order valence-corrected chi connectivity index (χ4v) is 2.44. The standard InChI is InChI=1S/C13H19N5/c1-13(6-7-14-8-13)12-15-9-4-5-10(18(2)3)16-11(9)17-12/h4-5,14H,6-8H2,1-3H3,(H,15,16,17). The molecule has 3 rings (SSSR count). The SMILES string of the molecule is CN(C)c1ccc2[nH]c(C3(C)CCNC3)nc2n1. The van der Waals surface area contributed by atoms with E-state index in [2.05, 4.69) is 33.3 Å². The first kappa shape index (κ1) is 11.5. The number of hydrogen-bond donors (Lipinski definition) is 2. The Bertz CT molecular complexity index is 566. The van der Waals surface area contributed by atoms with Crippen LogP contribution >= 0.6 is 0 Å². The molecule has 0 bridgehead atoms. The Kier molecular flexibility index (Phi) is 2.52. The average molecular weight is 245 g/mol. The zero-order valence-electron chi connectivity index (χ0n) is 11.1. The number of rotatable bonds is 2. The van der Waals surface area contributed by atoms with Crippen LogP contribution in [0.3, 0.4) is 0 Å². The van der Waals surface area contributed by atoms with Crippen molar-refractivity contribution in [1.82, 2.24) is 20.3 Å². The van der Waals surface area contributed by atoms with Crippen LogP contribution in [0.15, 0.2) is 12.1 Å². The first-order chi connectivity index (χ1) is 8.58. The fraction of sp³-hybridized carbons (Fsp3) is 0.538. The molecule has 0 saturated carbocycles. The molecular weight excluding hydrogens is 226 g/mol. The van der Waals surface area contributed by atoms with Gasteiger partial charge in [-0.1, -0.05) is 6.92 Å². The van der Waals surface area contributed by atoms with Crippen molar-refractivity contribution in [3.8, 4) is 0 Å². The summed E-state index contributed by atoms with van der Waals surface area (Å²) in [6, 6.07) is 4.07. The Morgan fingerprint density at radius 1 is 1.28 bits per heavy atom. The third-order valence-electron chi connectivity index (χ3n) is 3.73. The van der Waals surface area contributed by atoms with Gasteiger partial charge in [0, 0.05) is 26.1 Å². The van der Waals surface area contributed by atoms with Gasteiger partial charge in [-0.15, -0.1) is 0 Å². The molecule has 0 spiro atoms. The van der Waals surface area contributed by atoms with E-state index in [4.69, 9.17) is 0 Å². The van der Waals surface area contributed by atoms with Gasteiger partial charge in [-0.3, -0.25) is 0 Å². The van der Waals surface area contributed by atoms with E-state index < -0.39 is 0 Å². The number of imidazole rings is 1. The van der Waals surface area contributed by atoms with Gasteiger partial charge >= 0.3 is 0 Å². The van der Waals surface area contributed by atoms with Crippen molar-refractivity contribution in [3.63, 3.8) is 0 Å². The van der Waals surface area contributed by atoms with Crippen molar-refractivity contribution in [2.45, 2.75) is 18.8 Å². The molecule has 0 amide bonds. The summed E-state index contributed by atoms with van der Waals surface area (Å²) in [7, 11) is 3.98. The lowest BCUT2D eigenvalue weighted by molar-refractivity contribution is 0.496. The number of hydrogen-bond acceptors (Lipinski definition) is 4. The molecule has 1 aliphatic rings. The minimum Gasteiger partial charge on any atom is -0.363 e. The molecule has 0 aromatic carbocycles. The van der Waals surface area contributed by atoms with E-state index in [0.29, 0.717) is 0 Å². The lowest BCUT2D eigenvalue weighted by Crippen LogP contribution is -2.26. The summed E-state index contributed by atoms with van der Waals surface area (Å²) in [5.41, 5.74) is 1.94. The summed E-state index contributed by atoms with van der Waals surface area (Å²) in [6.07, 6.45) is 1.12. The lowest BCUT2D eigenvalue weighted by Gasteiger charge is -2.18. The summed E-state index contributed by atoms with van der Waals surface area (Å²) in [6.45, 7) is 4.29. The molecule has 0 radical (unpaired) electrons. The molecule has 1 atom stereocenters. The molecule has 2 aromatic rings. The average Bonchev–Trinajstić information content (AvgIpc) is 2.94. The molecule has 5 heteroatoms. The number of fused-ring (bicyclic) bond motifs is 1. The first-order valence-electron chi connectivity index (χ1n) is 6.34. The smallest absolute Gasteiger partial charge is 0.179 e. The number of anilines is 1. The van der Waals surface area contributed by atoms with E-state index in [1.165, 1.54) is 0 Å². The highest BCUT2D eigenvalue weighted by molar-refractivity contribution is 5.73. The number of aromatic amines is 1. The summed E-state index contributed by atoms with van der Waals surface area (Å²) < 4.78 is 0. The Morgan fingerprint density at radius 2 is 2.11 bits per heavy atom. The summed E-state index contributed by atoms with van der Waals surface area (Å²) in [5, 5.41) is 3.40. The number of H-pyrrole nitrogens is 1. The van der Waals surface area contributed by atoms with Crippen molar-refractivity contribution >= 4 is 17.0 Å². The van der Waals surface area contributed by atoms with Crippen LogP contribution in [-0.2, 0) is 5.41 Å². The molecule has 1 aliphatic heterocycles. The highest BCUT2D eigenvalue weighted by Crippen LogP contribution is 2.29. The summed E-state index contributed by atoms with van der Waals surface area (Å²) >= 11 is 0. The maximum absolute atomic E-state index is 4.68. The predicted octanol–water partition coefficient (Wildman–Crippen LogP) is 1.27. The Hall–Kier alpha value is -1.62. The molecule has 1 saturated heterocycles. The van der Waals surface area contributed by atoms with Crippen LogP contribution in [0.25, 0.3) is 11.2 Å². The monoisotopic (exact) mass is 245 g/mol. The molecule has 0 aliphatic carbocycles. The fourth-order valence-electron chi connectivity index (χ4n) is 2.44. The van der Waals surface area contributed by atoms with E-state index in [1.807, 2.05) is 25.1 Å². The quantitative estimate of drug-likeness (QED) is 0.836. The van der Waals surface area contributed by atoms with Gasteiger partial charge in [-0.2, -0.15) is 0 Å². The van der Waals surface area contributed by atoms with Gasteiger partial charge in [0.25, 0.3) is 0 Å². The second kappa shape index (κ2) is 3.95. The molecule has 2 aromatic heterocycles. The zero-order chi connectivity index (χ0) is 12.8.